The first kappa shape index (κ1) is 143. The quantitative estimate of drug-likeness (QED) is 0.0872. The van der Waals surface area contributed by atoms with Gasteiger partial charge >= 0.3 is 86.9 Å². The molecule has 0 fully saturated rings. The molecule has 0 aliphatic carbocycles. The minimum atomic E-state index is 0. The Hall–Kier alpha value is 2.22. The van der Waals surface area contributed by atoms with Crippen molar-refractivity contribution < 1.29 is 169 Å². The zero-order valence-corrected chi connectivity index (χ0v) is 64.7. The van der Waals surface area contributed by atoms with Crippen molar-refractivity contribution in [3.63, 3.8) is 0 Å². The van der Waals surface area contributed by atoms with Crippen molar-refractivity contribution in [2.75, 3.05) is 106 Å². The van der Waals surface area contributed by atoms with Crippen LogP contribution < -0.4 is 81.7 Å². The van der Waals surface area contributed by atoms with Crippen LogP contribution in [-0.2, 0) is 86.9 Å². The fourth-order valence-electron chi connectivity index (χ4n) is 2.31. The first-order chi connectivity index (χ1) is 38.6. The topological polar surface area (TPSA) is 369 Å². The van der Waals surface area contributed by atoms with Crippen molar-refractivity contribution in [2.24, 2.45) is 0 Å². The van der Waals surface area contributed by atoms with Crippen LogP contribution in [0.1, 0.15) is 316 Å². The summed E-state index contributed by atoms with van der Waals surface area (Å²) >= 11 is 0. The molecule has 0 aromatic rings. The molecule has 0 saturated heterocycles. The Bertz CT molecular complexity index is 393. The maximum absolute atomic E-state index is 9.53. The average molecular weight is 1360 g/mol. The minimum Gasteiger partial charge on any atom is -0.854 e. The van der Waals surface area contributed by atoms with Gasteiger partial charge in [-0.25, -0.2) is 0 Å². The van der Waals surface area contributed by atoms with Gasteiger partial charge in [-0.05, 0) is 0 Å². The second kappa shape index (κ2) is 240. The Morgan fingerprint density at radius 3 is 0.143 bits per heavy atom. The third kappa shape index (κ3) is 498. The summed E-state index contributed by atoms with van der Waals surface area (Å²) in [6.07, 6.45) is 29.8. The van der Waals surface area contributed by atoms with Crippen LogP contribution in [0.15, 0.2) is 0 Å². The third-order valence-electron chi connectivity index (χ3n) is 7.97. The molecule has 0 aromatic heterocycles. The van der Waals surface area contributed by atoms with Gasteiger partial charge in [-0.2, -0.15) is 0 Å². The van der Waals surface area contributed by atoms with Gasteiger partial charge in [-0.3, -0.25) is 0 Å². The predicted molar refractivity (Wildman–Crippen MR) is 316 cm³/mol. The SMILES string of the molecule is CCCC[O-].CCCC[O-].CCCC[O-].CCCC[O-].CCCC[O-].CCCC[O-].CCCC[O-].CCCC[O-].CCCC[O-].CCCC[O-].CCCC[O-].CCCC[O-].CCCC[O-].CCCC[O-].CCCC[O-].CCCC[O-].[Ti+4].[Ti+4].[Ti+4].[Ti+4]. The van der Waals surface area contributed by atoms with Crippen molar-refractivity contribution in [3.8, 4) is 0 Å². The standard InChI is InChI=1S/16C4H9O.4Ti/c16*1-2-3-4-5;;;;/h16*2-4H2,1H3;;;;/q16*-1;4*+4. The van der Waals surface area contributed by atoms with Crippen molar-refractivity contribution in [2.45, 2.75) is 316 Å². The summed E-state index contributed by atoms with van der Waals surface area (Å²) in [5.74, 6) is 0. The summed E-state index contributed by atoms with van der Waals surface area (Å²) in [5, 5.41) is 152. The fraction of sp³-hybridized carbons (Fsp3) is 1.00. The summed E-state index contributed by atoms with van der Waals surface area (Å²) in [5.41, 5.74) is 0. The molecule has 0 rings (SSSR count). The van der Waals surface area contributed by atoms with E-state index in [9.17, 15) is 81.7 Å². The second-order valence-corrected chi connectivity index (χ2v) is 16.9. The molecule has 0 spiro atoms. The first-order valence-electron chi connectivity index (χ1n) is 31.9. The van der Waals surface area contributed by atoms with Crippen LogP contribution >= 0.6 is 0 Å². The summed E-state index contributed by atoms with van der Waals surface area (Å²) in [6.45, 7) is 33.7. The fourth-order valence-corrected chi connectivity index (χ4v) is 2.31. The van der Waals surface area contributed by atoms with Crippen LogP contribution in [0.5, 0.6) is 0 Å². The van der Waals surface area contributed by atoms with Gasteiger partial charge in [-0.1, -0.05) is 316 Å². The van der Waals surface area contributed by atoms with E-state index in [-0.39, 0.29) is 193 Å². The van der Waals surface area contributed by atoms with Gasteiger partial charge in [-0.15, -0.1) is 106 Å². The van der Waals surface area contributed by atoms with Crippen LogP contribution in [-0.4, -0.2) is 106 Å². The first-order valence-corrected chi connectivity index (χ1v) is 31.9. The molecular formula is C64H144O16Ti4. The maximum atomic E-state index is 9.53. The zero-order valence-electron chi connectivity index (χ0n) is 58.5. The molecule has 0 aliphatic heterocycles. The van der Waals surface area contributed by atoms with Gasteiger partial charge in [0.15, 0.2) is 0 Å². The van der Waals surface area contributed by atoms with E-state index in [1.807, 2.05) is 111 Å². The Morgan fingerprint density at radius 2 is 0.143 bits per heavy atom. The van der Waals surface area contributed by atoms with Crippen LogP contribution in [0.25, 0.3) is 0 Å². The Kier molecular flexibility index (Phi) is 407. The summed E-state index contributed by atoms with van der Waals surface area (Å²) < 4.78 is 0. The molecule has 20 heteroatoms. The van der Waals surface area contributed by atoms with E-state index in [2.05, 4.69) is 0 Å². The van der Waals surface area contributed by atoms with Crippen LogP contribution in [0.3, 0.4) is 0 Å². The van der Waals surface area contributed by atoms with Crippen LogP contribution in [0, 0.1) is 0 Å². The Balaban J connectivity index is -0.0000000288. The molecule has 0 saturated carbocycles. The average Bonchev–Trinajstić information content (AvgIpc) is 3.45. The van der Waals surface area contributed by atoms with E-state index in [1.54, 1.807) is 0 Å². The molecule has 0 atom stereocenters. The molecule has 0 N–H and O–H groups in total. The molecule has 0 amide bonds. The predicted octanol–water partition coefficient (Wildman–Crippen LogP) is 2.34. The third-order valence-corrected chi connectivity index (χ3v) is 7.97. The van der Waals surface area contributed by atoms with E-state index < -0.39 is 0 Å². The Morgan fingerprint density at radius 1 is 0.107 bits per heavy atom. The zero-order chi connectivity index (χ0) is 65.9. The van der Waals surface area contributed by atoms with E-state index in [0.717, 1.165) is 205 Å². The van der Waals surface area contributed by atoms with Gasteiger partial charge in [0.1, 0.15) is 0 Å². The molecule has 0 aliphatic rings. The number of hydrogen-bond donors (Lipinski definition) is 0. The van der Waals surface area contributed by atoms with Crippen LogP contribution in [0.4, 0.5) is 0 Å². The summed E-state index contributed by atoms with van der Waals surface area (Å²) in [7, 11) is 0. The molecule has 84 heavy (non-hydrogen) atoms. The van der Waals surface area contributed by atoms with E-state index in [0.29, 0.717) is 0 Å². The molecule has 0 heterocycles. The van der Waals surface area contributed by atoms with E-state index >= 15 is 0 Å². The van der Waals surface area contributed by atoms with Crippen LogP contribution in [0.2, 0.25) is 0 Å². The molecule has 16 nitrogen and oxygen atoms in total. The monoisotopic (exact) mass is 1360 g/mol. The van der Waals surface area contributed by atoms with Crippen molar-refractivity contribution in [1.29, 1.82) is 0 Å². The minimum absolute atomic E-state index is 0. The molecule has 0 radical (unpaired) electrons. The number of hydrogen-bond acceptors (Lipinski definition) is 16. The van der Waals surface area contributed by atoms with Crippen molar-refractivity contribution >= 4 is 0 Å². The van der Waals surface area contributed by atoms with Crippen molar-refractivity contribution in [1.82, 2.24) is 0 Å². The summed E-state index contributed by atoms with van der Waals surface area (Å²) in [6, 6.07) is 0. The number of rotatable bonds is 32. The van der Waals surface area contributed by atoms with Gasteiger partial charge < -0.3 is 81.7 Å². The van der Waals surface area contributed by atoms with E-state index in [4.69, 9.17) is 0 Å². The molecule has 0 aromatic carbocycles. The normalized spacial score (nSPS) is 8.00. The van der Waals surface area contributed by atoms with Gasteiger partial charge in [0.2, 0.25) is 0 Å². The maximum Gasteiger partial charge on any atom is 4.00 e. The smallest absolute Gasteiger partial charge is 0.854 e. The van der Waals surface area contributed by atoms with E-state index in [1.165, 1.54) is 0 Å². The summed E-state index contributed by atoms with van der Waals surface area (Å²) in [4.78, 5) is 0. The largest absolute Gasteiger partial charge is 4.00 e. The Labute approximate surface area is 586 Å². The van der Waals surface area contributed by atoms with Gasteiger partial charge in [0.25, 0.3) is 0 Å². The van der Waals surface area contributed by atoms with Gasteiger partial charge in [0, 0.05) is 0 Å². The second-order valence-electron chi connectivity index (χ2n) is 16.9. The molecule has 0 bridgehead atoms. The number of unbranched alkanes of at least 4 members (excludes halogenated alkanes) is 16. The van der Waals surface area contributed by atoms with Gasteiger partial charge in [0.05, 0.1) is 0 Å². The van der Waals surface area contributed by atoms with Crippen molar-refractivity contribution in [3.05, 3.63) is 0 Å². The molecule has 512 valence electrons. The molecule has 0 unspecified atom stereocenters. The molecular weight excluding hydrogens is 1220 g/mol.